The average Bonchev–Trinajstić information content (AvgIpc) is 3.13. The van der Waals surface area contributed by atoms with Crippen molar-refractivity contribution in [3.05, 3.63) is 77.1 Å². The van der Waals surface area contributed by atoms with Crippen molar-refractivity contribution in [2.75, 3.05) is 12.4 Å². The number of nitrogens with one attached hydrogen (secondary N) is 2. The van der Waals surface area contributed by atoms with Crippen LogP contribution in [0.2, 0.25) is 0 Å². The number of hydrogen-bond acceptors (Lipinski definition) is 4. The van der Waals surface area contributed by atoms with Crippen molar-refractivity contribution in [1.82, 2.24) is 10.2 Å². The first-order valence-electron chi connectivity index (χ1n) is 9.86. The van der Waals surface area contributed by atoms with Crippen LogP contribution < -0.4 is 10.1 Å². The lowest BCUT2D eigenvalue weighted by Crippen LogP contribution is -2.15. The van der Waals surface area contributed by atoms with Crippen molar-refractivity contribution < 1.29 is 14.3 Å². The summed E-state index contributed by atoms with van der Waals surface area (Å²) in [6, 6.07) is 17.6. The van der Waals surface area contributed by atoms with Crippen LogP contribution >= 0.6 is 0 Å². The van der Waals surface area contributed by atoms with Gasteiger partial charge in [0.15, 0.2) is 0 Å². The molecule has 0 saturated heterocycles. The number of methoxy groups -OCH3 is 1. The molecule has 3 rings (SSSR count). The van der Waals surface area contributed by atoms with Gasteiger partial charge in [-0.2, -0.15) is 5.10 Å². The first-order chi connectivity index (χ1) is 14.2. The van der Waals surface area contributed by atoms with Crippen LogP contribution in [0.15, 0.2) is 54.6 Å². The van der Waals surface area contributed by atoms with Crippen LogP contribution in [0.1, 0.15) is 35.9 Å². The minimum atomic E-state index is -0.474. The number of hydrogen-bond donors (Lipinski definition) is 2. The Morgan fingerprint density at radius 1 is 1.00 bits per heavy atom. The fraction of sp³-hybridized carbons (Fsp3) is 0.304. The summed E-state index contributed by atoms with van der Waals surface area (Å²) in [7, 11) is 1.66. The van der Waals surface area contributed by atoms with E-state index in [-0.39, 0.29) is 6.61 Å². The number of carbonyl (C=O) groups excluding carboxylic acids is 1. The molecule has 0 fully saturated rings. The molecule has 0 saturated carbocycles. The molecule has 1 heterocycles. The van der Waals surface area contributed by atoms with E-state index in [0.29, 0.717) is 6.42 Å². The second-order valence-corrected chi connectivity index (χ2v) is 6.81. The number of H-pyrrole nitrogens is 1. The topological polar surface area (TPSA) is 76.2 Å². The molecule has 0 radical (unpaired) electrons. The molecule has 0 atom stereocenters. The quantitative estimate of drug-likeness (QED) is 0.542. The fourth-order valence-electron chi connectivity index (χ4n) is 3.10. The van der Waals surface area contributed by atoms with Gasteiger partial charge in [0.1, 0.15) is 12.4 Å². The predicted octanol–water partition coefficient (Wildman–Crippen LogP) is 4.90. The Morgan fingerprint density at radius 2 is 1.76 bits per heavy atom. The van der Waals surface area contributed by atoms with E-state index in [2.05, 4.69) is 22.4 Å². The third-order valence-corrected chi connectivity index (χ3v) is 4.67. The Morgan fingerprint density at radius 3 is 2.45 bits per heavy atom. The molecule has 2 aromatic carbocycles. The molecule has 0 spiro atoms. The molecular weight excluding hydrogens is 366 g/mol. The summed E-state index contributed by atoms with van der Waals surface area (Å²) >= 11 is 0. The summed E-state index contributed by atoms with van der Waals surface area (Å²) in [5, 5.41) is 10.4. The van der Waals surface area contributed by atoms with Crippen LogP contribution in [0.3, 0.4) is 0 Å². The van der Waals surface area contributed by atoms with E-state index < -0.39 is 6.09 Å². The van der Waals surface area contributed by atoms with E-state index in [1.807, 2.05) is 54.6 Å². The van der Waals surface area contributed by atoms with E-state index >= 15 is 0 Å². The van der Waals surface area contributed by atoms with Crippen LogP contribution in [-0.2, 0) is 30.6 Å². The van der Waals surface area contributed by atoms with E-state index in [1.54, 1.807) is 7.11 Å². The van der Waals surface area contributed by atoms with E-state index in [1.165, 1.54) is 5.56 Å². The van der Waals surface area contributed by atoms with Gasteiger partial charge < -0.3 is 9.47 Å². The largest absolute Gasteiger partial charge is 0.497 e. The molecule has 0 aliphatic carbocycles. The van der Waals surface area contributed by atoms with Gasteiger partial charge in [-0.05, 0) is 42.5 Å². The zero-order valence-corrected chi connectivity index (χ0v) is 16.9. The minimum Gasteiger partial charge on any atom is -0.497 e. The fourth-order valence-corrected chi connectivity index (χ4v) is 3.10. The Kier molecular flexibility index (Phi) is 7.28. The lowest BCUT2D eigenvalue weighted by atomic mass is 10.1. The van der Waals surface area contributed by atoms with E-state index in [9.17, 15) is 4.79 Å². The lowest BCUT2D eigenvalue weighted by Gasteiger charge is -2.09. The maximum Gasteiger partial charge on any atom is 0.412 e. The Hall–Kier alpha value is -3.28. The molecule has 0 aliphatic heterocycles. The summed E-state index contributed by atoms with van der Waals surface area (Å²) in [4.78, 5) is 12.3. The Labute approximate surface area is 171 Å². The van der Waals surface area contributed by atoms with Crippen LogP contribution in [-0.4, -0.2) is 23.4 Å². The number of ether oxygens (including phenoxy) is 2. The summed E-state index contributed by atoms with van der Waals surface area (Å²) in [6.07, 6.45) is 2.81. The Balaban J connectivity index is 1.64. The molecule has 1 aromatic heterocycles. The van der Waals surface area contributed by atoms with Crippen LogP contribution in [0.5, 0.6) is 5.75 Å². The predicted molar refractivity (Wildman–Crippen MR) is 113 cm³/mol. The highest BCUT2D eigenvalue weighted by atomic mass is 16.5. The molecular formula is C23H27N3O3. The van der Waals surface area contributed by atoms with Crippen molar-refractivity contribution in [2.45, 2.75) is 39.2 Å². The minimum absolute atomic E-state index is 0.231. The summed E-state index contributed by atoms with van der Waals surface area (Å²) in [5.41, 5.74) is 4.63. The first kappa shape index (κ1) is 20.5. The second kappa shape index (κ2) is 10.3. The molecule has 3 aromatic rings. The molecule has 1 amide bonds. The van der Waals surface area contributed by atoms with Crippen molar-refractivity contribution in [2.24, 2.45) is 0 Å². The summed E-state index contributed by atoms with van der Waals surface area (Å²) in [5.74, 6) is 0.835. The average molecular weight is 393 g/mol. The maximum atomic E-state index is 12.3. The monoisotopic (exact) mass is 393 g/mol. The zero-order chi connectivity index (χ0) is 20.5. The summed E-state index contributed by atoms with van der Waals surface area (Å²) in [6.45, 7) is 2.32. The number of nitrogens with zero attached hydrogens (tertiary/aromatic N) is 1. The van der Waals surface area contributed by atoms with Gasteiger partial charge in [0.2, 0.25) is 0 Å². The van der Waals surface area contributed by atoms with Gasteiger partial charge in [-0.3, -0.25) is 10.4 Å². The number of benzene rings is 2. The van der Waals surface area contributed by atoms with Crippen molar-refractivity contribution >= 4 is 11.8 Å². The van der Waals surface area contributed by atoms with Crippen LogP contribution in [0.4, 0.5) is 10.5 Å². The van der Waals surface area contributed by atoms with Crippen molar-refractivity contribution in [3.8, 4) is 5.75 Å². The van der Waals surface area contributed by atoms with E-state index in [4.69, 9.17) is 9.47 Å². The van der Waals surface area contributed by atoms with Crippen molar-refractivity contribution in [1.29, 1.82) is 0 Å². The molecule has 29 heavy (non-hydrogen) atoms. The number of carbonyl (C=O) groups is 1. The molecule has 6 nitrogen and oxygen atoms in total. The number of anilines is 1. The third-order valence-electron chi connectivity index (χ3n) is 4.67. The standard InChI is InChI=1S/C23H27N3O3/c1-3-7-20-22(24-23(27)29-16-18-8-5-4-6-9-18)21(26-25-20)15-12-17-10-13-19(28-2)14-11-17/h4-6,8-11,13-14H,3,7,12,15-16H2,1-2H3,(H,24,27)(H,25,26). The third kappa shape index (κ3) is 5.85. The lowest BCUT2D eigenvalue weighted by molar-refractivity contribution is 0.155. The first-order valence-corrected chi connectivity index (χ1v) is 9.86. The van der Waals surface area contributed by atoms with Gasteiger partial charge in [0.05, 0.1) is 24.2 Å². The smallest absolute Gasteiger partial charge is 0.412 e. The summed E-state index contributed by atoms with van der Waals surface area (Å²) < 4.78 is 10.6. The molecule has 0 unspecified atom stereocenters. The highest BCUT2D eigenvalue weighted by molar-refractivity contribution is 5.86. The second-order valence-electron chi connectivity index (χ2n) is 6.81. The number of aromatic amines is 1. The van der Waals surface area contributed by atoms with Gasteiger partial charge >= 0.3 is 6.09 Å². The van der Waals surface area contributed by atoms with Gasteiger partial charge in [-0.15, -0.1) is 0 Å². The highest BCUT2D eigenvalue weighted by Gasteiger charge is 2.16. The SMILES string of the molecule is CCCc1[nH]nc(CCc2ccc(OC)cc2)c1NC(=O)OCc1ccccc1. The van der Waals surface area contributed by atoms with Gasteiger partial charge in [-0.1, -0.05) is 55.8 Å². The molecule has 6 heteroatoms. The van der Waals surface area contributed by atoms with Crippen LogP contribution in [0, 0.1) is 0 Å². The highest BCUT2D eigenvalue weighted by Crippen LogP contribution is 2.22. The Bertz CT molecular complexity index is 905. The van der Waals surface area contributed by atoms with Gasteiger partial charge in [0.25, 0.3) is 0 Å². The molecule has 0 aliphatic rings. The maximum absolute atomic E-state index is 12.3. The molecule has 2 N–H and O–H groups in total. The number of aryl methyl sites for hydroxylation is 3. The number of aromatic nitrogens is 2. The molecule has 152 valence electrons. The number of amides is 1. The number of rotatable bonds is 9. The van der Waals surface area contributed by atoms with Gasteiger partial charge in [-0.25, -0.2) is 4.79 Å². The van der Waals surface area contributed by atoms with Crippen molar-refractivity contribution in [3.63, 3.8) is 0 Å². The zero-order valence-electron chi connectivity index (χ0n) is 16.9. The van der Waals surface area contributed by atoms with Gasteiger partial charge in [0, 0.05) is 0 Å². The normalized spacial score (nSPS) is 10.6. The van der Waals surface area contributed by atoms with Crippen LogP contribution in [0.25, 0.3) is 0 Å². The van der Waals surface area contributed by atoms with E-state index in [0.717, 1.165) is 47.7 Å². The molecule has 0 bridgehead atoms.